The third-order valence-electron chi connectivity index (χ3n) is 4.60. The van der Waals surface area contributed by atoms with Gasteiger partial charge in [0.05, 0.1) is 17.5 Å². The summed E-state index contributed by atoms with van der Waals surface area (Å²) in [4.78, 5) is 16.7. The van der Waals surface area contributed by atoms with Crippen molar-refractivity contribution in [1.82, 2.24) is 14.9 Å². The topological polar surface area (TPSA) is 46.9 Å². The van der Waals surface area contributed by atoms with Crippen LogP contribution in [0.25, 0.3) is 5.69 Å². The molecular weight excluding hydrogens is 380 g/mol. The molecule has 7 heteroatoms. The fraction of sp³-hybridized carbons (Fsp3) is 0.238. The summed E-state index contributed by atoms with van der Waals surface area (Å²) in [5, 5.41) is 3.51. The van der Waals surface area contributed by atoms with E-state index in [0.717, 1.165) is 23.4 Å². The summed E-state index contributed by atoms with van der Waals surface area (Å²) in [6, 6.07) is 9.24. The van der Waals surface area contributed by atoms with Crippen LogP contribution >= 0.6 is 11.8 Å². The molecule has 0 spiro atoms. The molecule has 0 aliphatic rings. The molecule has 4 nitrogen and oxygen atoms in total. The van der Waals surface area contributed by atoms with E-state index in [9.17, 15) is 13.6 Å². The second-order valence-electron chi connectivity index (χ2n) is 6.55. The third-order valence-corrected chi connectivity index (χ3v) is 5.56. The monoisotopic (exact) mass is 401 g/mol. The first-order valence-corrected chi connectivity index (χ1v) is 9.82. The zero-order chi connectivity index (χ0) is 20.3. The number of nitrogens with one attached hydrogen (secondary N) is 1. The van der Waals surface area contributed by atoms with Crippen molar-refractivity contribution in [2.45, 2.75) is 32.0 Å². The Kier molecular flexibility index (Phi) is 6.14. The Balaban J connectivity index is 1.65. The minimum atomic E-state index is -0.927. The van der Waals surface area contributed by atoms with Gasteiger partial charge in [0.15, 0.2) is 16.8 Å². The molecule has 146 valence electrons. The number of aryl methyl sites for hydroxylation is 1. The molecule has 3 aromatic rings. The van der Waals surface area contributed by atoms with Gasteiger partial charge in [-0.2, -0.15) is 0 Å². The van der Waals surface area contributed by atoms with Crippen molar-refractivity contribution in [3.05, 3.63) is 77.1 Å². The number of imidazole rings is 1. The Morgan fingerprint density at radius 2 is 2.00 bits per heavy atom. The van der Waals surface area contributed by atoms with Gasteiger partial charge in [-0.15, -0.1) is 0 Å². The summed E-state index contributed by atoms with van der Waals surface area (Å²) in [7, 11) is 0. The average Bonchev–Trinajstić information content (AvgIpc) is 3.12. The van der Waals surface area contributed by atoms with Crippen LogP contribution < -0.4 is 5.32 Å². The van der Waals surface area contributed by atoms with Crippen LogP contribution in [0.15, 0.2) is 53.9 Å². The molecule has 1 amide bonds. The molecule has 1 heterocycles. The Morgan fingerprint density at radius 3 is 2.75 bits per heavy atom. The predicted molar refractivity (Wildman–Crippen MR) is 107 cm³/mol. The number of halogens is 2. The van der Waals surface area contributed by atoms with Crippen LogP contribution in [0.4, 0.5) is 8.78 Å². The van der Waals surface area contributed by atoms with Crippen LogP contribution in [0.3, 0.4) is 0 Å². The van der Waals surface area contributed by atoms with E-state index in [-0.39, 0.29) is 11.7 Å². The molecule has 0 saturated heterocycles. The van der Waals surface area contributed by atoms with Gasteiger partial charge in [0, 0.05) is 12.4 Å². The summed E-state index contributed by atoms with van der Waals surface area (Å²) in [5.74, 6) is -1.88. The Hall–Kier alpha value is -2.67. The van der Waals surface area contributed by atoms with Gasteiger partial charge >= 0.3 is 0 Å². The van der Waals surface area contributed by atoms with Crippen LogP contribution in [0, 0.1) is 25.5 Å². The van der Waals surface area contributed by atoms with Gasteiger partial charge in [-0.05, 0) is 55.7 Å². The van der Waals surface area contributed by atoms with Crippen LogP contribution in [-0.4, -0.2) is 21.2 Å². The molecular formula is C21H21F2N3OS. The van der Waals surface area contributed by atoms with Crippen LogP contribution in [0.1, 0.15) is 29.7 Å². The molecule has 0 saturated carbocycles. The van der Waals surface area contributed by atoms with E-state index >= 15 is 0 Å². The van der Waals surface area contributed by atoms with Gasteiger partial charge in [0.2, 0.25) is 5.91 Å². The Morgan fingerprint density at radius 1 is 1.21 bits per heavy atom. The number of hydrogen-bond acceptors (Lipinski definition) is 3. The van der Waals surface area contributed by atoms with Gasteiger partial charge in [-0.3, -0.25) is 9.36 Å². The summed E-state index contributed by atoms with van der Waals surface area (Å²) < 4.78 is 28.4. The van der Waals surface area contributed by atoms with Crippen LogP contribution in [0.2, 0.25) is 0 Å². The van der Waals surface area contributed by atoms with Crippen molar-refractivity contribution >= 4 is 17.7 Å². The van der Waals surface area contributed by atoms with Crippen molar-refractivity contribution in [1.29, 1.82) is 0 Å². The summed E-state index contributed by atoms with van der Waals surface area (Å²) in [6.07, 6.45) is 3.57. The number of carbonyl (C=O) groups is 1. The maximum absolute atomic E-state index is 13.4. The highest BCUT2D eigenvalue weighted by molar-refractivity contribution is 7.99. The first kappa shape index (κ1) is 20.1. The quantitative estimate of drug-likeness (QED) is 0.607. The molecule has 1 unspecified atom stereocenters. The van der Waals surface area contributed by atoms with E-state index in [1.807, 2.05) is 22.9 Å². The van der Waals surface area contributed by atoms with Crippen molar-refractivity contribution in [3.63, 3.8) is 0 Å². The Bertz CT molecular complexity index is 1000. The number of carbonyl (C=O) groups excluding carboxylic acids is 1. The third kappa shape index (κ3) is 4.42. The first-order valence-electron chi connectivity index (χ1n) is 8.84. The van der Waals surface area contributed by atoms with Crippen molar-refractivity contribution in [2.75, 3.05) is 5.75 Å². The van der Waals surface area contributed by atoms with Gasteiger partial charge in [0.1, 0.15) is 0 Å². The maximum Gasteiger partial charge on any atom is 0.230 e. The molecule has 3 rings (SSSR count). The van der Waals surface area contributed by atoms with E-state index in [1.165, 1.54) is 23.4 Å². The summed E-state index contributed by atoms with van der Waals surface area (Å²) in [6.45, 7) is 5.83. The fourth-order valence-electron chi connectivity index (χ4n) is 2.85. The van der Waals surface area contributed by atoms with Gasteiger partial charge < -0.3 is 5.32 Å². The SMILES string of the molecule is Cc1cccc(-n2ccnc2SCC(=O)NC(C)c2ccc(F)c(F)c2)c1C. The molecule has 28 heavy (non-hydrogen) atoms. The van der Waals surface area contributed by atoms with Crippen molar-refractivity contribution in [2.24, 2.45) is 0 Å². The number of rotatable bonds is 6. The lowest BCUT2D eigenvalue weighted by molar-refractivity contribution is -0.119. The van der Waals surface area contributed by atoms with Crippen molar-refractivity contribution < 1.29 is 13.6 Å². The maximum atomic E-state index is 13.4. The van der Waals surface area contributed by atoms with Gasteiger partial charge in [0.25, 0.3) is 0 Å². The molecule has 0 radical (unpaired) electrons. The minimum Gasteiger partial charge on any atom is -0.349 e. The number of amides is 1. The number of aromatic nitrogens is 2. The first-order chi connectivity index (χ1) is 13.4. The molecule has 0 bridgehead atoms. The molecule has 0 aliphatic heterocycles. The van der Waals surface area contributed by atoms with E-state index in [4.69, 9.17) is 0 Å². The lowest BCUT2D eigenvalue weighted by atomic mass is 10.1. The zero-order valence-corrected chi connectivity index (χ0v) is 16.7. The molecule has 1 atom stereocenters. The normalized spacial score (nSPS) is 12.0. The number of benzene rings is 2. The average molecular weight is 401 g/mol. The highest BCUT2D eigenvalue weighted by Crippen LogP contribution is 2.24. The number of nitrogens with zero attached hydrogens (tertiary/aromatic N) is 2. The van der Waals surface area contributed by atoms with E-state index in [0.29, 0.717) is 10.7 Å². The predicted octanol–water partition coefficient (Wildman–Crippen LogP) is 4.74. The van der Waals surface area contributed by atoms with Crippen LogP contribution in [0.5, 0.6) is 0 Å². The highest BCUT2D eigenvalue weighted by Gasteiger charge is 2.14. The highest BCUT2D eigenvalue weighted by atomic mass is 32.2. The van der Waals surface area contributed by atoms with Crippen molar-refractivity contribution in [3.8, 4) is 5.69 Å². The number of thioether (sulfide) groups is 1. The van der Waals surface area contributed by atoms with E-state index in [2.05, 4.69) is 30.2 Å². The molecule has 1 N–H and O–H groups in total. The molecule has 0 aliphatic carbocycles. The zero-order valence-electron chi connectivity index (χ0n) is 15.9. The standard InChI is InChI=1S/C21H21F2N3OS/c1-13-5-4-6-19(14(13)2)26-10-9-24-21(26)28-12-20(27)25-15(3)16-7-8-17(22)18(23)11-16/h4-11,15H,12H2,1-3H3,(H,25,27). The minimum absolute atomic E-state index is 0.163. The Labute approximate surface area is 167 Å². The second-order valence-corrected chi connectivity index (χ2v) is 7.49. The van der Waals surface area contributed by atoms with Gasteiger partial charge in [-0.25, -0.2) is 13.8 Å². The van der Waals surface area contributed by atoms with E-state index < -0.39 is 17.7 Å². The summed E-state index contributed by atoms with van der Waals surface area (Å²) >= 11 is 1.32. The van der Waals surface area contributed by atoms with Crippen LogP contribution in [-0.2, 0) is 4.79 Å². The lowest BCUT2D eigenvalue weighted by Gasteiger charge is -2.15. The molecule has 2 aromatic carbocycles. The second kappa shape index (κ2) is 8.56. The smallest absolute Gasteiger partial charge is 0.230 e. The fourth-order valence-corrected chi connectivity index (χ4v) is 3.63. The number of hydrogen-bond donors (Lipinski definition) is 1. The largest absolute Gasteiger partial charge is 0.349 e. The molecule has 0 fully saturated rings. The van der Waals surface area contributed by atoms with E-state index in [1.54, 1.807) is 13.1 Å². The molecule has 1 aromatic heterocycles. The lowest BCUT2D eigenvalue weighted by Crippen LogP contribution is -2.28. The van der Waals surface area contributed by atoms with Gasteiger partial charge in [-0.1, -0.05) is 30.0 Å². The summed E-state index contributed by atoms with van der Waals surface area (Å²) in [5.41, 5.74) is 3.86.